The molecule has 0 amide bonds. The Hall–Kier alpha value is -1.94. The lowest BCUT2D eigenvalue weighted by molar-refractivity contribution is 0.322. The Bertz CT molecular complexity index is 695. The number of nitrogens with zero attached hydrogens (tertiary/aromatic N) is 2. The first-order valence-electron chi connectivity index (χ1n) is 6.77. The molecule has 0 radical (unpaired) electrons. The summed E-state index contributed by atoms with van der Waals surface area (Å²) in [7, 11) is 0. The molecule has 3 rings (SSSR count). The number of fused-ring (bicyclic) bond motifs is 1. The average molecular weight is 284 g/mol. The van der Waals surface area contributed by atoms with E-state index in [-0.39, 0.29) is 0 Å². The molecule has 0 aliphatic rings. The maximum Gasteiger partial charge on any atom is 0.236 e. The van der Waals surface area contributed by atoms with Gasteiger partial charge in [0, 0.05) is 4.88 Å². The molecule has 0 unspecified atom stereocenters. The van der Waals surface area contributed by atoms with Crippen LogP contribution in [0.2, 0.25) is 0 Å². The van der Waals surface area contributed by atoms with Gasteiger partial charge in [-0.15, -0.1) is 11.3 Å². The molecule has 3 nitrogen and oxygen atoms in total. The Kier molecular flexibility index (Phi) is 3.92. The normalized spacial score (nSPS) is 10.8. The van der Waals surface area contributed by atoms with E-state index in [9.17, 15) is 0 Å². The average Bonchev–Trinajstić information content (AvgIpc) is 2.98. The number of para-hydroxylation sites is 2. The lowest BCUT2D eigenvalue weighted by Crippen LogP contribution is -2.04. The number of thiophene rings is 1. The lowest BCUT2D eigenvalue weighted by atomic mass is 10.2. The van der Waals surface area contributed by atoms with Crippen molar-refractivity contribution in [1.82, 2.24) is 9.97 Å². The third-order valence-electron chi connectivity index (χ3n) is 3.08. The maximum absolute atomic E-state index is 5.64. The summed E-state index contributed by atoms with van der Waals surface area (Å²) in [4.78, 5) is 10.7. The van der Waals surface area contributed by atoms with Gasteiger partial charge in [-0.25, -0.2) is 9.97 Å². The monoisotopic (exact) mass is 284 g/mol. The molecule has 1 aromatic carbocycles. The van der Waals surface area contributed by atoms with Crippen molar-refractivity contribution in [2.45, 2.75) is 19.8 Å². The minimum atomic E-state index is 0.610. The van der Waals surface area contributed by atoms with Crippen molar-refractivity contribution in [1.29, 1.82) is 0 Å². The molecule has 0 bridgehead atoms. The predicted octanol–water partition coefficient (Wildman–Crippen LogP) is 3.88. The molecule has 0 saturated heterocycles. The van der Waals surface area contributed by atoms with Gasteiger partial charge in [-0.1, -0.05) is 18.2 Å². The largest absolute Gasteiger partial charge is 0.477 e. The zero-order valence-corrected chi connectivity index (χ0v) is 12.2. The van der Waals surface area contributed by atoms with Crippen LogP contribution in [0.25, 0.3) is 11.0 Å². The van der Waals surface area contributed by atoms with E-state index >= 15 is 0 Å². The second kappa shape index (κ2) is 6.01. The predicted molar refractivity (Wildman–Crippen MR) is 82.4 cm³/mol. The molecule has 20 heavy (non-hydrogen) atoms. The number of benzene rings is 1. The van der Waals surface area contributed by atoms with Crippen LogP contribution in [0.3, 0.4) is 0 Å². The molecule has 4 heteroatoms. The smallest absolute Gasteiger partial charge is 0.236 e. The fourth-order valence-corrected chi connectivity index (χ4v) is 2.84. The summed E-state index contributed by atoms with van der Waals surface area (Å²) in [6, 6.07) is 12.1. The minimum Gasteiger partial charge on any atom is -0.477 e. The van der Waals surface area contributed by atoms with Crippen molar-refractivity contribution < 1.29 is 4.74 Å². The van der Waals surface area contributed by atoms with Crippen molar-refractivity contribution in [2.75, 3.05) is 6.61 Å². The van der Waals surface area contributed by atoms with Crippen molar-refractivity contribution in [2.24, 2.45) is 0 Å². The van der Waals surface area contributed by atoms with E-state index in [1.165, 1.54) is 4.88 Å². The molecule has 0 saturated carbocycles. The quantitative estimate of drug-likeness (QED) is 0.713. The van der Waals surface area contributed by atoms with E-state index in [0.29, 0.717) is 12.5 Å². The second-order valence-corrected chi connectivity index (χ2v) is 5.51. The van der Waals surface area contributed by atoms with Crippen LogP contribution in [0.1, 0.15) is 17.5 Å². The van der Waals surface area contributed by atoms with Gasteiger partial charge in [-0.05, 0) is 43.3 Å². The van der Waals surface area contributed by atoms with E-state index in [1.54, 1.807) is 11.3 Å². The molecule has 3 aromatic rings. The van der Waals surface area contributed by atoms with Crippen LogP contribution in [0.5, 0.6) is 5.88 Å². The number of aromatic nitrogens is 2. The first kappa shape index (κ1) is 13.1. The van der Waals surface area contributed by atoms with Crippen LogP contribution in [0.15, 0.2) is 41.8 Å². The van der Waals surface area contributed by atoms with Gasteiger partial charge >= 0.3 is 0 Å². The molecular formula is C16H16N2OS. The van der Waals surface area contributed by atoms with Gasteiger partial charge in [0.15, 0.2) is 0 Å². The Morgan fingerprint density at radius 1 is 1.00 bits per heavy atom. The van der Waals surface area contributed by atoms with Crippen LogP contribution in [-0.4, -0.2) is 16.6 Å². The third-order valence-corrected chi connectivity index (χ3v) is 4.01. The fraction of sp³-hybridized carbons (Fsp3) is 0.250. The van der Waals surface area contributed by atoms with E-state index < -0.39 is 0 Å². The van der Waals surface area contributed by atoms with Gasteiger partial charge in [0.1, 0.15) is 5.69 Å². The molecule has 0 N–H and O–H groups in total. The van der Waals surface area contributed by atoms with Gasteiger partial charge in [0.25, 0.3) is 0 Å². The number of rotatable bonds is 5. The molecule has 2 aromatic heterocycles. The Labute approximate surface area is 122 Å². The number of aryl methyl sites for hydroxylation is 2. The highest BCUT2D eigenvalue weighted by Crippen LogP contribution is 2.21. The van der Waals surface area contributed by atoms with Crippen molar-refractivity contribution in [3.63, 3.8) is 0 Å². The van der Waals surface area contributed by atoms with Gasteiger partial charge in [0.2, 0.25) is 5.88 Å². The number of hydrogen-bond acceptors (Lipinski definition) is 4. The van der Waals surface area contributed by atoms with Crippen molar-refractivity contribution in [3.8, 4) is 5.88 Å². The summed E-state index contributed by atoms with van der Waals surface area (Å²) in [6.45, 7) is 2.58. The van der Waals surface area contributed by atoms with E-state index in [4.69, 9.17) is 9.72 Å². The third kappa shape index (κ3) is 2.80. The molecule has 0 fully saturated rings. The summed E-state index contributed by atoms with van der Waals surface area (Å²) < 4.78 is 5.64. The Balaban J connectivity index is 1.92. The number of ether oxygens (including phenoxy) is 1. The molecule has 0 atom stereocenters. The van der Waals surface area contributed by atoms with Crippen LogP contribution in [-0.2, 0) is 12.8 Å². The summed E-state index contributed by atoms with van der Waals surface area (Å²) in [5.41, 5.74) is 2.76. The zero-order chi connectivity index (χ0) is 13.8. The van der Waals surface area contributed by atoms with Crippen molar-refractivity contribution >= 4 is 22.4 Å². The highest BCUT2D eigenvalue weighted by molar-refractivity contribution is 7.09. The molecule has 102 valence electrons. The van der Waals surface area contributed by atoms with Gasteiger partial charge in [-0.3, -0.25) is 0 Å². The highest BCUT2D eigenvalue weighted by atomic mass is 32.1. The Morgan fingerprint density at radius 3 is 2.50 bits per heavy atom. The zero-order valence-electron chi connectivity index (χ0n) is 11.4. The second-order valence-electron chi connectivity index (χ2n) is 4.48. The van der Waals surface area contributed by atoms with Crippen LogP contribution < -0.4 is 4.74 Å². The summed E-state index contributed by atoms with van der Waals surface area (Å²) in [6.07, 6.45) is 1.83. The van der Waals surface area contributed by atoms with Gasteiger partial charge in [0.05, 0.1) is 17.6 Å². The summed E-state index contributed by atoms with van der Waals surface area (Å²) >= 11 is 1.78. The lowest BCUT2D eigenvalue weighted by Gasteiger charge is -2.09. The standard InChI is InChI=1S/C16H16N2OS/c1-2-19-16-15(10-9-12-6-5-11-20-12)17-13-7-3-4-8-14(13)18-16/h3-8,11H,2,9-10H2,1H3. The molecule has 0 aliphatic heterocycles. The molecule has 2 heterocycles. The number of hydrogen-bond donors (Lipinski definition) is 0. The molecule has 0 spiro atoms. The molecular weight excluding hydrogens is 268 g/mol. The molecule has 0 aliphatic carbocycles. The first-order chi connectivity index (χ1) is 9.86. The topological polar surface area (TPSA) is 35.0 Å². The van der Waals surface area contributed by atoms with E-state index in [0.717, 1.165) is 29.6 Å². The van der Waals surface area contributed by atoms with E-state index in [1.807, 2.05) is 31.2 Å². The Morgan fingerprint density at radius 2 is 1.80 bits per heavy atom. The minimum absolute atomic E-state index is 0.610. The maximum atomic E-state index is 5.64. The van der Waals surface area contributed by atoms with Gasteiger partial charge in [-0.2, -0.15) is 0 Å². The van der Waals surface area contributed by atoms with Gasteiger partial charge < -0.3 is 4.74 Å². The summed E-state index contributed by atoms with van der Waals surface area (Å²) in [5.74, 6) is 0.669. The van der Waals surface area contributed by atoms with Crippen LogP contribution in [0.4, 0.5) is 0 Å². The van der Waals surface area contributed by atoms with Crippen LogP contribution in [0, 0.1) is 0 Å². The first-order valence-corrected chi connectivity index (χ1v) is 7.65. The van der Waals surface area contributed by atoms with E-state index in [2.05, 4.69) is 22.5 Å². The van der Waals surface area contributed by atoms with Crippen molar-refractivity contribution in [3.05, 3.63) is 52.3 Å². The SMILES string of the molecule is CCOc1nc2ccccc2nc1CCc1cccs1. The highest BCUT2D eigenvalue weighted by Gasteiger charge is 2.10. The summed E-state index contributed by atoms with van der Waals surface area (Å²) in [5, 5.41) is 2.10. The fourth-order valence-electron chi connectivity index (χ4n) is 2.13. The van der Waals surface area contributed by atoms with Crippen LogP contribution >= 0.6 is 11.3 Å².